The molecule has 172 valence electrons. The number of carbonyl (C=O) groups is 1. The maximum Gasteiger partial charge on any atom is 0.306 e. The van der Waals surface area contributed by atoms with Crippen LogP contribution in [0, 0.1) is 5.92 Å². The smallest absolute Gasteiger partial charge is 0.306 e. The van der Waals surface area contributed by atoms with Gasteiger partial charge in [-0.05, 0) is 54.7 Å². The van der Waals surface area contributed by atoms with Crippen LogP contribution in [0.4, 0.5) is 5.88 Å². The van der Waals surface area contributed by atoms with Gasteiger partial charge in [0.25, 0.3) is 0 Å². The van der Waals surface area contributed by atoms with E-state index in [0.29, 0.717) is 61.0 Å². The molecule has 3 aromatic rings. The second-order valence-electron chi connectivity index (χ2n) is 8.52. The van der Waals surface area contributed by atoms with Gasteiger partial charge >= 0.3 is 5.97 Å². The predicted molar refractivity (Wildman–Crippen MR) is 124 cm³/mol. The number of carboxylic acid groups (broad SMARTS) is 1. The summed E-state index contributed by atoms with van der Waals surface area (Å²) in [7, 11) is 0. The van der Waals surface area contributed by atoms with E-state index in [2.05, 4.69) is 0 Å². The van der Waals surface area contributed by atoms with E-state index >= 15 is 0 Å². The van der Waals surface area contributed by atoms with E-state index in [1.807, 2.05) is 23.1 Å². The number of ether oxygens (including phenoxy) is 2. The van der Waals surface area contributed by atoms with Gasteiger partial charge in [0.1, 0.15) is 12.4 Å². The first-order chi connectivity index (χ1) is 16.0. The van der Waals surface area contributed by atoms with Crippen molar-refractivity contribution in [1.29, 1.82) is 0 Å². The van der Waals surface area contributed by atoms with Crippen molar-refractivity contribution in [3.05, 3.63) is 68.8 Å². The van der Waals surface area contributed by atoms with Gasteiger partial charge in [-0.3, -0.25) is 9.59 Å². The predicted octanol–water partition coefficient (Wildman–Crippen LogP) is 4.27. The summed E-state index contributed by atoms with van der Waals surface area (Å²) in [6.07, 6.45) is 1.98. The third-order valence-electron chi connectivity index (χ3n) is 6.34. The molecule has 2 aromatic carbocycles. The van der Waals surface area contributed by atoms with Crippen LogP contribution in [0.3, 0.4) is 0 Å². The molecule has 5 rings (SSSR count). The topological polar surface area (TPSA) is 89.2 Å². The molecule has 2 aliphatic rings. The van der Waals surface area contributed by atoms with Gasteiger partial charge in [0.15, 0.2) is 16.9 Å². The first kappa shape index (κ1) is 21.8. The number of fused-ring (bicyclic) bond motifs is 2. The lowest BCUT2D eigenvalue weighted by atomic mass is 9.82. The fraction of sp³-hybridized carbons (Fsp3) is 0.360. The summed E-state index contributed by atoms with van der Waals surface area (Å²) in [6.45, 7) is 2.20. The first-order valence-corrected chi connectivity index (χ1v) is 11.4. The zero-order chi connectivity index (χ0) is 22.9. The molecule has 0 unspecified atom stereocenters. The Hall–Kier alpha value is -3.03. The molecule has 0 amide bonds. The van der Waals surface area contributed by atoms with E-state index in [-0.39, 0.29) is 17.5 Å². The number of anilines is 1. The van der Waals surface area contributed by atoms with E-state index in [4.69, 9.17) is 30.6 Å². The zero-order valence-electron chi connectivity index (χ0n) is 18.0. The van der Waals surface area contributed by atoms with Crippen LogP contribution in [0.15, 0.2) is 51.7 Å². The SMILES string of the molecule is O=C(O)C1CC(OCCOc2ccc3c(c2)CCN(c2cc(=O)c4cccc(Cl)c4o2)C3)C1. The molecule has 1 aliphatic heterocycles. The quantitative estimate of drug-likeness (QED) is 0.517. The Kier molecular flexibility index (Phi) is 6.00. The average Bonchev–Trinajstić information content (AvgIpc) is 2.77. The van der Waals surface area contributed by atoms with Gasteiger partial charge in [-0.15, -0.1) is 0 Å². The van der Waals surface area contributed by atoms with Crippen LogP contribution in [-0.4, -0.2) is 36.9 Å². The molecule has 0 saturated heterocycles. The number of halogens is 1. The van der Waals surface area contributed by atoms with Crippen molar-refractivity contribution < 1.29 is 23.8 Å². The molecular weight excluding hydrogens is 446 g/mol. The molecule has 1 N–H and O–H groups in total. The van der Waals surface area contributed by atoms with Crippen molar-refractivity contribution in [1.82, 2.24) is 0 Å². The van der Waals surface area contributed by atoms with Gasteiger partial charge in [-0.25, -0.2) is 0 Å². The molecule has 1 saturated carbocycles. The van der Waals surface area contributed by atoms with Gasteiger partial charge in [0.05, 0.1) is 29.0 Å². The van der Waals surface area contributed by atoms with Crippen molar-refractivity contribution in [3.63, 3.8) is 0 Å². The third kappa shape index (κ3) is 4.56. The van der Waals surface area contributed by atoms with Gasteiger partial charge in [0.2, 0.25) is 0 Å². The lowest BCUT2D eigenvalue weighted by molar-refractivity contribution is -0.151. The highest BCUT2D eigenvalue weighted by molar-refractivity contribution is 6.34. The molecule has 8 heteroatoms. The molecular formula is C25H24ClNO6. The number of benzene rings is 2. The Morgan fingerprint density at radius 3 is 2.82 bits per heavy atom. The minimum atomic E-state index is -0.745. The van der Waals surface area contributed by atoms with Gasteiger partial charge in [-0.2, -0.15) is 0 Å². The van der Waals surface area contributed by atoms with Crippen molar-refractivity contribution in [3.8, 4) is 5.75 Å². The van der Waals surface area contributed by atoms with E-state index in [9.17, 15) is 9.59 Å². The summed E-state index contributed by atoms with van der Waals surface area (Å²) in [4.78, 5) is 25.4. The molecule has 0 radical (unpaired) electrons. The largest absolute Gasteiger partial charge is 0.491 e. The van der Waals surface area contributed by atoms with Crippen LogP contribution in [0.2, 0.25) is 5.02 Å². The van der Waals surface area contributed by atoms with Gasteiger partial charge in [-0.1, -0.05) is 23.7 Å². The highest BCUT2D eigenvalue weighted by Crippen LogP contribution is 2.31. The second-order valence-corrected chi connectivity index (χ2v) is 8.92. The molecule has 33 heavy (non-hydrogen) atoms. The van der Waals surface area contributed by atoms with Crippen LogP contribution in [-0.2, 0) is 22.5 Å². The summed E-state index contributed by atoms with van der Waals surface area (Å²) in [5, 5.41) is 9.81. The van der Waals surface area contributed by atoms with E-state index < -0.39 is 5.97 Å². The fourth-order valence-electron chi connectivity index (χ4n) is 4.37. The number of rotatable bonds is 7. The molecule has 1 fully saturated rings. The Labute approximate surface area is 195 Å². The maximum atomic E-state index is 12.5. The van der Waals surface area contributed by atoms with Gasteiger partial charge in [0, 0.05) is 19.2 Å². The average molecular weight is 470 g/mol. The normalized spacial score (nSPS) is 19.7. The number of hydrogen-bond acceptors (Lipinski definition) is 6. The lowest BCUT2D eigenvalue weighted by Gasteiger charge is -2.32. The van der Waals surface area contributed by atoms with E-state index in [1.54, 1.807) is 18.2 Å². The minimum Gasteiger partial charge on any atom is -0.491 e. The van der Waals surface area contributed by atoms with Crippen LogP contribution >= 0.6 is 11.6 Å². The number of hydrogen-bond donors (Lipinski definition) is 1. The fourth-order valence-corrected chi connectivity index (χ4v) is 4.58. The van der Waals surface area contributed by atoms with Crippen molar-refractivity contribution in [2.45, 2.75) is 31.9 Å². The Bertz CT molecular complexity index is 1250. The monoisotopic (exact) mass is 469 g/mol. The highest BCUT2D eigenvalue weighted by atomic mass is 35.5. The summed E-state index contributed by atoms with van der Waals surface area (Å²) in [5.41, 5.74) is 2.67. The Morgan fingerprint density at radius 1 is 1.15 bits per heavy atom. The molecule has 0 spiro atoms. The zero-order valence-corrected chi connectivity index (χ0v) is 18.7. The highest BCUT2D eigenvalue weighted by Gasteiger charge is 2.35. The summed E-state index contributed by atoms with van der Waals surface area (Å²) in [6, 6.07) is 12.7. The molecule has 0 bridgehead atoms. The van der Waals surface area contributed by atoms with E-state index in [0.717, 1.165) is 17.7 Å². The van der Waals surface area contributed by atoms with Crippen molar-refractivity contribution in [2.24, 2.45) is 5.92 Å². The maximum absolute atomic E-state index is 12.5. The van der Waals surface area contributed by atoms with Crippen molar-refractivity contribution >= 4 is 34.4 Å². The molecule has 1 aromatic heterocycles. The minimum absolute atomic E-state index is 0.0225. The molecule has 0 atom stereocenters. The molecule has 2 heterocycles. The second kappa shape index (κ2) is 9.08. The Morgan fingerprint density at radius 2 is 2.00 bits per heavy atom. The van der Waals surface area contributed by atoms with Crippen LogP contribution < -0.4 is 15.1 Å². The summed E-state index contributed by atoms with van der Waals surface area (Å²) in [5.74, 6) is 0.290. The number of carboxylic acids is 1. The standard InChI is InChI=1S/C25H24ClNO6/c26-21-3-1-2-20-22(28)13-23(33-24(20)21)27-7-6-15-10-18(5-4-16(15)14-27)31-8-9-32-19-11-17(12-19)25(29)30/h1-5,10,13,17,19H,6-9,11-12,14H2,(H,29,30). The number of nitrogens with zero attached hydrogens (tertiary/aromatic N) is 1. The van der Waals surface area contributed by atoms with Gasteiger partial charge < -0.3 is 23.9 Å². The lowest BCUT2D eigenvalue weighted by Crippen LogP contribution is -2.37. The summed E-state index contributed by atoms with van der Waals surface area (Å²) >= 11 is 6.24. The number of para-hydroxylation sites is 1. The van der Waals surface area contributed by atoms with Crippen LogP contribution in [0.25, 0.3) is 11.0 Å². The third-order valence-corrected chi connectivity index (χ3v) is 6.64. The van der Waals surface area contributed by atoms with Crippen LogP contribution in [0.1, 0.15) is 24.0 Å². The van der Waals surface area contributed by atoms with Crippen LogP contribution in [0.5, 0.6) is 5.75 Å². The van der Waals surface area contributed by atoms with E-state index in [1.165, 1.54) is 11.6 Å². The molecule has 7 nitrogen and oxygen atoms in total. The molecule has 1 aliphatic carbocycles. The van der Waals surface area contributed by atoms with Crippen molar-refractivity contribution in [2.75, 3.05) is 24.7 Å². The Balaban J connectivity index is 1.19. The first-order valence-electron chi connectivity index (χ1n) is 11.0. The summed E-state index contributed by atoms with van der Waals surface area (Å²) < 4.78 is 17.5. The number of aliphatic carboxylic acids is 1.